The summed E-state index contributed by atoms with van der Waals surface area (Å²) in [6, 6.07) is 12.6. The fourth-order valence-corrected chi connectivity index (χ4v) is 4.18. The van der Waals surface area contributed by atoms with Crippen LogP contribution < -0.4 is 5.32 Å². The van der Waals surface area contributed by atoms with Crippen LogP contribution in [0.2, 0.25) is 0 Å². The Hall–Kier alpha value is -3.77. The zero-order valence-corrected chi connectivity index (χ0v) is 19.3. The van der Waals surface area contributed by atoms with Crippen LogP contribution >= 0.6 is 0 Å². The van der Waals surface area contributed by atoms with Crippen molar-refractivity contribution < 1.29 is 0 Å². The quantitative estimate of drug-likeness (QED) is 0.469. The van der Waals surface area contributed by atoms with E-state index in [0.29, 0.717) is 0 Å². The van der Waals surface area contributed by atoms with Crippen molar-refractivity contribution >= 4 is 27.9 Å². The molecular formula is C27H28N6. The number of fused-ring (bicyclic) bond motifs is 1. The number of aromatic nitrogens is 4. The van der Waals surface area contributed by atoms with Crippen molar-refractivity contribution in [3.63, 3.8) is 0 Å². The van der Waals surface area contributed by atoms with Crippen LogP contribution in [0.15, 0.2) is 67.6 Å². The number of hydrogen-bond acceptors (Lipinski definition) is 5. The molecule has 4 heterocycles. The molecule has 0 atom stereocenters. The Morgan fingerprint density at radius 1 is 1.03 bits per heavy atom. The predicted octanol–water partition coefficient (Wildman–Crippen LogP) is 5.14. The minimum Gasteiger partial charge on any atom is -0.340 e. The third kappa shape index (κ3) is 4.30. The van der Waals surface area contributed by atoms with Gasteiger partial charge in [-0.15, -0.1) is 0 Å². The third-order valence-electron chi connectivity index (χ3n) is 6.40. The first kappa shape index (κ1) is 21.1. The van der Waals surface area contributed by atoms with Gasteiger partial charge in [-0.1, -0.05) is 24.8 Å². The van der Waals surface area contributed by atoms with E-state index in [4.69, 9.17) is 0 Å². The van der Waals surface area contributed by atoms with Gasteiger partial charge in [0, 0.05) is 60.4 Å². The van der Waals surface area contributed by atoms with Gasteiger partial charge in [0.1, 0.15) is 5.82 Å². The van der Waals surface area contributed by atoms with Crippen LogP contribution in [0.1, 0.15) is 23.4 Å². The molecule has 0 radical (unpaired) electrons. The summed E-state index contributed by atoms with van der Waals surface area (Å²) in [7, 11) is 4.10. The lowest BCUT2D eigenvalue weighted by Crippen LogP contribution is -2.23. The van der Waals surface area contributed by atoms with Gasteiger partial charge in [-0.2, -0.15) is 5.10 Å². The van der Waals surface area contributed by atoms with E-state index in [-0.39, 0.29) is 0 Å². The number of nitrogens with one attached hydrogen (secondary N) is 1. The first-order chi connectivity index (χ1) is 16.0. The minimum absolute atomic E-state index is 0.768. The highest BCUT2D eigenvalue weighted by atomic mass is 15.3. The number of aryl methyl sites for hydroxylation is 1. The number of hydrogen-bond donors (Lipinski definition) is 1. The second-order valence-corrected chi connectivity index (χ2v) is 8.67. The van der Waals surface area contributed by atoms with E-state index >= 15 is 0 Å². The molecule has 0 aliphatic carbocycles. The molecule has 0 saturated heterocycles. The fraction of sp³-hybridized carbons (Fsp3) is 0.222. The van der Waals surface area contributed by atoms with E-state index in [1.807, 2.05) is 36.4 Å². The molecule has 6 heteroatoms. The van der Waals surface area contributed by atoms with Crippen LogP contribution in [0.5, 0.6) is 0 Å². The molecule has 5 rings (SSSR count). The van der Waals surface area contributed by atoms with E-state index in [9.17, 15) is 0 Å². The zero-order chi connectivity index (χ0) is 22.9. The Morgan fingerprint density at radius 3 is 2.67 bits per heavy atom. The van der Waals surface area contributed by atoms with Crippen molar-refractivity contribution in [2.24, 2.45) is 7.05 Å². The summed E-state index contributed by atoms with van der Waals surface area (Å²) in [6.07, 6.45) is 8.94. The Balaban J connectivity index is 1.39. The maximum absolute atomic E-state index is 4.60. The highest BCUT2D eigenvalue weighted by Crippen LogP contribution is 2.28. The van der Waals surface area contributed by atoms with Gasteiger partial charge in [0.15, 0.2) is 0 Å². The summed E-state index contributed by atoms with van der Waals surface area (Å²) < 4.78 is 1.90. The Kier molecular flexibility index (Phi) is 5.52. The Labute approximate surface area is 194 Å². The second-order valence-electron chi connectivity index (χ2n) is 8.67. The predicted molar refractivity (Wildman–Crippen MR) is 136 cm³/mol. The van der Waals surface area contributed by atoms with Crippen LogP contribution in [0.25, 0.3) is 33.2 Å². The smallest absolute Gasteiger partial charge is 0.130 e. The summed E-state index contributed by atoms with van der Waals surface area (Å²) in [5.74, 6) is 0.768. The Bertz CT molecular complexity index is 1380. The Morgan fingerprint density at radius 2 is 1.91 bits per heavy atom. The molecule has 0 spiro atoms. The maximum atomic E-state index is 4.60. The average molecular weight is 437 g/mol. The van der Waals surface area contributed by atoms with Crippen LogP contribution in [0, 0.1) is 6.92 Å². The number of pyridine rings is 2. The molecule has 0 unspecified atom stereocenters. The van der Waals surface area contributed by atoms with Gasteiger partial charge in [0.2, 0.25) is 0 Å². The standard InChI is InChI=1S/C27H28N6/c1-18(21-7-10-28-26(14-21)20-8-11-32(3)12-9-20)31-27-15-24-13-22(5-6-23(24)16-29-27)25-17-30-33(4)19(25)2/h5-8,10,13-17H,1,9,11-12H2,2-4H3,(H,29,31). The minimum atomic E-state index is 0.768. The molecule has 1 aliphatic rings. The lowest BCUT2D eigenvalue weighted by Gasteiger charge is -2.21. The summed E-state index contributed by atoms with van der Waals surface area (Å²) in [5.41, 5.74) is 7.57. The molecule has 3 aromatic heterocycles. The van der Waals surface area contributed by atoms with Gasteiger partial charge >= 0.3 is 0 Å². The van der Waals surface area contributed by atoms with Crippen LogP contribution in [0.3, 0.4) is 0 Å². The van der Waals surface area contributed by atoms with Crippen molar-refractivity contribution in [2.45, 2.75) is 13.3 Å². The number of anilines is 1. The molecule has 1 aliphatic heterocycles. The van der Waals surface area contributed by atoms with Crippen LogP contribution in [-0.4, -0.2) is 44.8 Å². The molecule has 166 valence electrons. The first-order valence-corrected chi connectivity index (χ1v) is 11.2. The monoisotopic (exact) mass is 436 g/mol. The summed E-state index contributed by atoms with van der Waals surface area (Å²) >= 11 is 0. The van der Waals surface area contributed by atoms with Gasteiger partial charge in [0.05, 0.1) is 11.9 Å². The molecule has 6 nitrogen and oxygen atoms in total. The van der Waals surface area contributed by atoms with E-state index in [1.54, 1.807) is 0 Å². The first-order valence-electron chi connectivity index (χ1n) is 11.2. The largest absolute Gasteiger partial charge is 0.340 e. The van der Waals surface area contributed by atoms with Gasteiger partial charge < -0.3 is 10.2 Å². The van der Waals surface area contributed by atoms with E-state index in [0.717, 1.165) is 69.9 Å². The summed E-state index contributed by atoms with van der Waals surface area (Å²) in [6.45, 7) is 8.36. The topological polar surface area (TPSA) is 58.9 Å². The highest BCUT2D eigenvalue weighted by molar-refractivity contribution is 5.90. The van der Waals surface area contributed by atoms with Gasteiger partial charge in [-0.3, -0.25) is 9.67 Å². The summed E-state index contributed by atoms with van der Waals surface area (Å²) in [4.78, 5) is 11.5. The average Bonchev–Trinajstić information content (AvgIpc) is 3.17. The van der Waals surface area contributed by atoms with Crippen molar-refractivity contribution in [1.82, 2.24) is 24.6 Å². The van der Waals surface area contributed by atoms with Gasteiger partial charge in [-0.25, -0.2) is 4.98 Å². The SMILES string of the molecule is C=C(Nc1cc2cc(-c3cnn(C)c3C)ccc2cn1)c1ccnc(C2=CCN(C)CC2)c1. The maximum Gasteiger partial charge on any atom is 0.130 e. The van der Waals surface area contributed by atoms with E-state index < -0.39 is 0 Å². The number of likely N-dealkylation sites (N-methyl/N-ethyl adjacent to an activating group) is 1. The third-order valence-corrected chi connectivity index (χ3v) is 6.40. The molecule has 0 bridgehead atoms. The van der Waals surface area contributed by atoms with Crippen LogP contribution in [-0.2, 0) is 7.05 Å². The van der Waals surface area contributed by atoms with Crippen molar-refractivity contribution in [3.8, 4) is 11.1 Å². The van der Waals surface area contributed by atoms with Gasteiger partial charge in [-0.05, 0) is 61.2 Å². The highest BCUT2D eigenvalue weighted by Gasteiger charge is 2.12. The molecule has 0 fully saturated rings. The lowest BCUT2D eigenvalue weighted by molar-refractivity contribution is 0.370. The molecule has 0 saturated carbocycles. The number of benzene rings is 1. The van der Waals surface area contributed by atoms with E-state index in [1.165, 1.54) is 5.57 Å². The van der Waals surface area contributed by atoms with Crippen molar-refractivity contribution in [1.29, 1.82) is 0 Å². The van der Waals surface area contributed by atoms with Crippen molar-refractivity contribution in [3.05, 3.63) is 84.6 Å². The summed E-state index contributed by atoms with van der Waals surface area (Å²) in [5, 5.41) is 9.97. The number of rotatable bonds is 5. The van der Waals surface area contributed by atoms with E-state index in [2.05, 4.69) is 82.2 Å². The number of nitrogens with zero attached hydrogens (tertiary/aromatic N) is 5. The second kappa shape index (κ2) is 8.64. The normalized spacial score (nSPS) is 14.3. The van der Waals surface area contributed by atoms with Crippen molar-refractivity contribution in [2.75, 3.05) is 25.5 Å². The van der Waals surface area contributed by atoms with Crippen LogP contribution in [0.4, 0.5) is 5.82 Å². The molecule has 4 aromatic rings. The van der Waals surface area contributed by atoms with Gasteiger partial charge in [0.25, 0.3) is 0 Å². The molecule has 1 aromatic carbocycles. The molecular weight excluding hydrogens is 408 g/mol. The fourth-order valence-electron chi connectivity index (χ4n) is 4.18. The lowest BCUT2D eigenvalue weighted by atomic mass is 10.0. The molecule has 0 amide bonds. The zero-order valence-electron chi connectivity index (χ0n) is 19.3. The molecule has 1 N–H and O–H groups in total. The molecule has 33 heavy (non-hydrogen) atoms.